The summed E-state index contributed by atoms with van der Waals surface area (Å²) < 4.78 is 1.73. The molecule has 9 heteroatoms. The van der Waals surface area contributed by atoms with E-state index >= 15 is 0 Å². The summed E-state index contributed by atoms with van der Waals surface area (Å²) in [5, 5.41) is 9.91. The maximum atomic E-state index is 11.9. The third-order valence-corrected chi connectivity index (χ3v) is 5.02. The van der Waals surface area contributed by atoms with Crippen LogP contribution in [0.2, 0.25) is 0 Å². The SMILES string of the molecule is CCNC(=O)Nc1nc2cc(-c3cccnc3)cc(C(NOC)=C3CCCC3)n2n1. The normalized spacial score (nSPS) is 13.5. The van der Waals surface area contributed by atoms with E-state index in [1.54, 1.807) is 17.8 Å². The van der Waals surface area contributed by atoms with E-state index in [0.717, 1.165) is 48.2 Å². The molecule has 0 bridgehead atoms. The summed E-state index contributed by atoms with van der Waals surface area (Å²) in [6.07, 6.45) is 7.86. The maximum absolute atomic E-state index is 11.9. The quantitative estimate of drug-likeness (QED) is 0.541. The number of aromatic nitrogens is 4. The van der Waals surface area contributed by atoms with Crippen molar-refractivity contribution in [2.24, 2.45) is 0 Å². The first kappa shape index (κ1) is 19.8. The molecule has 0 radical (unpaired) electrons. The van der Waals surface area contributed by atoms with Gasteiger partial charge in [-0.25, -0.2) is 9.31 Å². The molecule has 0 spiro atoms. The van der Waals surface area contributed by atoms with Gasteiger partial charge in [0.1, 0.15) is 0 Å². The average molecular weight is 407 g/mol. The molecule has 30 heavy (non-hydrogen) atoms. The highest BCUT2D eigenvalue weighted by Gasteiger charge is 2.20. The Morgan fingerprint density at radius 2 is 2.07 bits per heavy atom. The van der Waals surface area contributed by atoms with Crippen molar-refractivity contribution in [1.29, 1.82) is 0 Å². The van der Waals surface area contributed by atoms with Crippen molar-refractivity contribution < 1.29 is 9.63 Å². The molecule has 9 nitrogen and oxygen atoms in total. The van der Waals surface area contributed by atoms with Crippen molar-refractivity contribution in [3.63, 3.8) is 0 Å². The van der Waals surface area contributed by atoms with Crippen molar-refractivity contribution in [3.8, 4) is 11.1 Å². The third kappa shape index (κ3) is 4.11. The van der Waals surface area contributed by atoms with E-state index < -0.39 is 0 Å². The van der Waals surface area contributed by atoms with Gasteiger partial charge in [-0.15, -0.1) is 5.10 Å². The zero-order chi connectivity index (χ0) is 20.9. The third-order valence-electron chi connectivity index (χ3n) is 5.02. The van der Waals surface area contributed by atoms with Gasteiger partial charge in [-0.2, -0.15) is 4.98 Å². The first-order chi connectivity index (χ1) is 14.7. The molecule has 156 valence electrons. The number of allylic oxidation sites excluding steroid dienone is 1. The van der Waals surface area contributed by atoms with E-state index in [4.69, 9.17) is 4.84 Å². The van der Waals surface area contributed by atoms with Gasteiger partial charge in [-0.3, -0.25) is 20.6 Å². The smallest absolute Gasteiger partial charge is 0.321 e. The predicted octanol–water partition coefficient (Wildman–Crippen LogP) is 3.37. The van der Waals surface area contributed by atoms with Gasteiger partial charge in [-0.1, -0.05) is 6.07 Å². The van der Waals surface area contributed by atoms with Gasteiger partial charge in [-0.05, 0) is 61.9 Å². The number of carbonyl (C=O) groups excluding carboxylic acids is 1. The van der Waals surface area contributed by atoms with Crippen LogP contribution in [0.5, 0.6) is 0 Å². The molecule has 0 atom stereocenters. The molecule has 0 aromatic carbocycles. The Morgan fingerprint density at radius 1 is 1.23 bits per heavy atom. The topological polar surface area (TPSA) is 105 Å². The molecule has 4 rings (SSSR count). The van der Waals surface area contributed by atoms with Gasteiger partial charge in [0.25, 0.3) is 5.95 Å². The Kier molecular flexibility index (Phi) is 5.89. The molecular formula is C21H25N7O2. The molecular weight excluding hydrogens is 382 g/mol. The number of fused-ring (bicyclic) bond motifs is 1. The Morgan fingerprint density at radius 3 is 2.77 bits per heavy atom. The molecule has 1 fully saturated rings. The van der Waals surface area contributed by atoms with Crippen molar-refractivity contribution >= 4 is 23.3 Å². The predicted molar refractivity (Wildman–Crippen MR) is 114 cm³/mol. The minimum absolute atomic E-state index is 0.235. The van der Waals surface area contributed by atoms with Crippen LogP contribution in [0.15, 0.2) is 42.2 Å². The number of hydrogen-bond donors (Lipinski definition) is 3. The zero-order valence-electron chi connectivity index (χ0n) is 17.1. The van der Waals surface area contributed by atoms with Crippen LogP contribution in [-0.2, 0) is 4.84 Å². The summed E-state index contributed by atoms with van der Waals surface area (Å²) in [7, 11) is 1.60. The molecule has 1 aliphatic carbocycles. The van der Waals surface area contributed by atoms with Crippen LogP contribution in [0.3, 0.4) is 0 Å². The van der Waals surface area contributed by atoms with E-state index in [-0.39, 0.29) is 12.0 Å². The van der Waals surface area contributed by atoms with Crippen LogP contribution in [0.25, 0.3) is 22.5 Å². The second-order valence-corrected chi connectivity index (χ2v) is 7.05. The van der Waals surface area contributed by atoms with E-state index in [2.05, 4.69) is 31.2 Å². The highest BCUT2D eigenvalue weighted by Crippen LogP contribution is 2.32. The Labute approximate surface area is 174 Å². The fourth-order valence-electron chi connectivity index (χ4n) is 3.68. The minimum Gasteiger partial charge on any atom is -0.338 e. The monoisotopic (exact) mass is 407 g/mol. The van der Waals surface area contributed by atoms with Crippen LogP contribution in [0.4, 0.5) is 10.7 Å². The molecule has 1 saturated carbocycles. The molecule has 3 aromatic heterocycles. The molecule has 2 amide bonds. The van der Waals surface area contributed by atoms with Crippen molar-refractivity contribution in [3.05, 3.63) is 47.9 Å². The van der Waals surface area contributed by atoms with E-state index in [1.165, 1.54) is 5.57 Å². The number of carbonyl (C=O) groups is 1. The van der Waals surface area contributed by atoms with Gasteiger partial charge in [0.05, 0.1) is 18.5 Å². The summed E-state index contributed by atoms with van der Waals surface area (Å²) in [6.45, 7) is 2.37. The summed E-state index contributed by atoms with van der Waals surface area (Å²) >= 11 is 0. The number of pyridine rings is 2. The van der Waals surface area contributed by atoms with Crippen LogP contribution in [-0.4, -0.2) is 39.3 Å². The number of nitrogens with zero attached hydrogens (tertiary/aromatic N) is 4. The summed E-state index contributed by atoms with van der Waals surface area (Å²) in [6, 6.07) is 7.53. The first-order valence-electron chi connectivity index (χ1n) is 10.1. The second-order valence-electron chi connectivity index (χ2n) is 7.05. The van der Waals surface area contributed by atoms with Crippen molar-refractivity contribution in [1.82, 2.24) is 30.4 Å². The number of hydrogen-bond acceptors (Lipinski definition) is 6. The van der Waals surface area contributed by atoms with Gasteiger partial charge < -0.3 is 5.32 Å². The van der Waals surface area contributed by atoms with Crippen LogP contribution in [0.1, 0.15) is 38.3 Å². The standard InChI is InChI=1S/C21H25N7O2/c1-3-23-21(29)25-20-24-18-12-16(15-9-6-10-22-13-15)11-17(28(18)26-20)19(27-30-2)14-7-4-5-8-14/h6,9-13,27H,3-5,7-8H2,1-2H3,(H2,23,25,26,29). The molecule has 3 N–H and O–H groups in total. The van der Waals surface area contributed by atoms with Crippen LogP contribution in [0, 0.1) is 0 Å². The number of hydroxylamine groups is 1. The highest BCUT2D eigenvalue weighted by atomic mass is 16.6. The molecule has 0 unspecified atom stereocenters. The van der Waals surface area contributed by atoms with Gasteiger partial charge in [0, 0.05) is 24.5 Å². The molecule has 3 aromatic rings. The number of rotatable bonds is 6. The first-order valence-corrected chi connectivity index (χ1v) is 10.1. The number of urea groups is 1. The lowest BCUT2D eigenvalue weighted by Crippen LogP contribution is -2.28. The molecule has 3 heterocycles. The largest absolute Gasteiger partial charge is 0.338 e. The Balaban J connectivity index is 1.88. The van der Waals surface area contributed by atoms with Gasteiger partial charge in [0.15, 0.2) is 5.65 Å². The number of amides is 2. The van der Waals surface area contributed by atoms with E-state index in [0.29, 0.717) is 12.2 Å². The minimum atomic E-state index is -0.341. The summed E-state index contributed by atoms with van der Waals surface area (Å²) in [4.78, 5) is 26.0. The van der Waals surface area contributed by atoms with Crippen molar-refractivity contribution in [2.75, 3.05) is 19.0 Å². The van der Waals surface area contributed by atoms with E-state index in [9.17, 15) is 4.79 Å². The molecule has 1 aliphatic rings. The lowest BCUT2D eigenvalue weighted by Gasteiger charge is -2.15. The molecule has 0 saturated heterocycles. The fourth-order valence-corrected chi connectivity index (χ4v) is 3.68. The Bertz CT molecular complexity index is 1070. The van der Waals surface area contributed by atoms with Crippen LogP contribution >= 0.6 is 0 Å². The summed E-state index contributed by atoms with van der Waals surface area (Å²) in [5.74, 6) is 0.235. The second kappa shape index (κ2) is 8.91. The van der Waals surface area contributed by atoms with Gasteiger partial charge >= 0.3 is 6.03 Å². The fraction of sp³-hybridized carbons (Fsp3) is 0.333. The van der Waals surface area contributed by atoms with Gasteiger partial charge in [0.2, 0.25) is 0 Å². The van der Waals surface area contributed by atoms with Crippen molar-refractivity contribution in [2.45, 2.75) is 32.6 Å². The zero-order valence-corrected chi connectivity index (χ0v) is 17.1. The van der Waals surface area contributed by atoms with E-state index in [1.807, 2.05) is 37.4 Å². The lowest BCUT2D eigenvalue weighted by molar-refractivity contribution is 0.135. The maximum Gasteiger partial charge on any atom is 0.321 e. The summed E-state index contributed by atoms with van der Waals surface area (Å²) in [5.41, 5.74) is 8.60. The number of anilines is 1. The average Bonchev–Trinajstić information content (AvgIpc) is 3.42. The molecule has 0 aliphatic heterocycles. The number of nitrogens with one attached hydrogen (secondary N) is 3. The highest BCUT2D eigenvalue weighted by molar-refractivity contribution is 5.87. The Hall–Kier alpha value is -3.46. The lowest BCUT2D eigenvalue weighted by atomic mass is 10.0. The van der Waals surface area contributed by atoms with Crippen LogP contribution < -0.4 is 16.1 Å².